The minimum atomic E-state index is -0.494. The smallest absolute Gasteiger partial charge is 0.308 e. The molecule has 0 unspecified atom stereocenters. The van der Waals surface area contributed by atoms with Gasteiger partial charge in [0.2, 0.25) is 5.91 Å². The van der Waals surface area contributed by atoms with Crippen molar-refractivity contribution in [2.24, 2.45) is 5.73 Å². The first-order valence-electron chi connectivity index (χ1n) is 12.9. The largest absolute Gasteiger partial charge is 0.493 e. The molecule has 0 aliphatic heterocycles. The third-order valence-corrected chi connectivity index (χ3v) is 6.35. The minimum Gasteiger partial charge on any atom is -0.493 e. The zero-order valence-electron chi connectivity index (χ0n) is 23.0. The number of hydrogen-bond acceptors (Lipinski definition) is 6. The lowest BCUT2D eigenvalue weighted by atomic mass is 10.0. The Morgan fingerprint density at radius 2 is 1.59 bits per heavy atom. The van der Waals surface area contributed by atoms with Gasteiger partial charge in [-0.05, 0) is 73.2 Å². The molecule has 0 radical (unpaired) electrons. The summed E-state index contributed by atoms with van der Waals surface area (Å²) in [6, 6.07) is 18.3. The van der Waals surface area contributed by atoms with Crippen LogP contribution in [0.25, 0.3) is 0 Å². The number of amides is 2. The molecule has 3 aromatic carbocycles. The van der Waals surface area contributed by atoms with E-state index in [1.165, 1.54) is 30.7 Å². The lowest BCUT2D eigenvalue weighted by molar-refractivity contribution is -0.131. The fraction of sp³-hybridized carbons (Fsp3) is 0.323. The quantitative estimate of drug-likeness (QED) is 0.258. The van der Waals surface area contributed by atoms with Crippen LogP contribution in [0.3, 0.4) is 0 Å². The SMILES string of the molecule is COc1cc(CC(N)=O)ccc1OCCN(CCCc1ccc(C)c(C)c1)C(=O)c1ccccc1OC(C)=O. The summed E-state index contributed by atoms with van der Waals surface area (Å²) in [5.41, 5.74) is 10.0. The van der Waals surface area contributed by atoms with Gasteiger partial charge >= 0.3 is 5.97 Å². The highest BCUT2D eigenvalue weighted by atomic mass is 16.5. The molecule has 0 spiro atoms. The molecule has 0 heterocycles. The first-order valence-corrected chi connectivity index (χ1v) is 12.9. The van der Waals surface area contributed by atoms with Crippen LogP contribution in [0.2, 0.25) is 0 Å². The molecule has 8 heteroatoms. The maximum absolute atomic E-state index is 13.6. The average molecular weight is 533 g/mol. The number of aryl methyl sites for hydroxylation is 3. The number of benzene rings is 3. The summed E-state index contributed by atoms with van der Waals surface area (Å²) < 4.78 is 16.7. The van der Waals surface area contributed by atoms with Gasteiger partial charge in [0.1, 0.15) is 12.4 Å². The number of para-hydroxylation sites is 1. The predicted octanol–water partition coefficient (Wildman–Crippen LogP) is 4.42. The standard InChI is InChI=1S/C31H36N2O6/c1-21-11-12-24(18-22(21)2)8-7-15-33(31(36)26-9-5-6-10-27(26)39-23(3)34)16-17-38-28-14-13-25(20-30(32)35)19-29(28)37-4/h5-6,9-14,18-19H,7-8,15-17,20H2,1-4H3,(H2,32,35). The van der Waals surface area contributed by atoms with Crippen LogP contribution in [0.15, 0.2) is 60.7 Å². The fourth-order valence-electron chi connectivity index (χ4n) is 4.21. The van der Waals surface area contributed by atoms with E-state index in [1.807, 2.05) is 0 Å². The minimum absolute atomic E-state index is 0.0984. The third-order valence-electron chi connectivity index (χ3n) is 6.35. The number of methoxy groups -OCH3 is 1. The van der Waals surface area contributed by atoms with Crippen molar-refractivity contribution in [3.8, 4) is 17.2 Å². The molecule has 0 aromatic heterocycles. The number of carbonyl (C=O) groups excluding carboxylic acids is 3. The van der Waals surface area contributed by atoms with E-state index in [4.69, 9.17) is 19.9 Å². The van der Waals surface area contributed by atoms with Gasteiger partial charge in [-0.1, -0.05) is 36.4 Å². The Hall–Kier alpha value is -4.33. The highest BCUT2D eigenvalue weighted by Crippen LogP contribution is 2.28. The van der Waals surface area contributed by atoms with Gasteiger partial charge in [-0.25, -0.2) is 0 Å². The molecule has 8 nitrogen and oxygen atoms in total. The molecule has 39 heavy (non-hydrogen) atoms. The van der Waals surface area contributed by atoms with Crippen LogP contribution >= 0.6 is 0 Å². The van der Waals surface area contributed by atoms with Gasteiger partial charge in [0.15, 0.2) is 11.5 Å². The summed E-state index contributed by atoms with van der Waals surface area (Å²) in [5, 5.41) is 0. The highest BCUT2D eigenvalue weighted by Gasteiger charge is 2.21. The number of carbonyl (C=O) groups is 3. The van der Waals surface area contributed by atoms with Crippen molar-refractivity contribution in [1.82, 2.24) is 4.90 Å². The maximum atomic E-state index is 13.6. The zero-order valence-corrected chi connectivity index (χ0v) is 23.0. The maximum Gasteiger partial charge on any atom is 0.308 e. The number of nitrogens with two attached hydrogens (primary N) is 1. The summed E-state index contributed by atoms with van der Waals surface area (Å²) >= 11 is 0. The van der Waals surface area contributed by atoms with Crippen LogP contribution in [-0.4, -0.2) is 49.5 Å². The molecule has 0 fully saturated rings. The first kappa shape index (κ1) is 29.2. The summed E-state index contributed by atoms with van der Waals surface area (Å²) in [7, 11) is 1.52. The number of esters is 1. The van der Waals surface area contributed by atoms with Crippen molar-refractivity contribution in [3.63, 3.8) is 0 Å². The van der Waals surface area contributed by atoms with Crippen LogP contribution in [0.1, 0.15) is 46.0 Å². The lowest BCUT2D eigenvalue weighted by Crippen LogP contribution is -2.36. The molecule has 2 N–H and O–H groups in total. The Labute approximate surface area is 229 Å². The monoisotopic (exact) mass is 532 g/mol. The fourth-order valence-corrected chi connectivity index (χ4v) is 4.21. The van der Waals surface area contributed by atoms with E-state index in [1.54, 1.807) is 47.4 Å². The van der Waals surface area contributed by atoms with Crippen molar-refractivity contribution in [2.75, 3.05) is 26.8 Å². The van der Waals surface area contributed by atoms with Gasteiger partial charge < -0.3 is 24.8 Å². The summed E-state index contributed by atoms with van der Waals surface area (Å²) in [4.78, 5) is 38.2. The van der Waals surface area contributed by atoms with Crippen molar-refractivity contribution >= 4 is 17.8 Å². The molecule has 0 aliphatic rings. The second kappa shape index (κ2) is 14.0. The number of primary amides is 1. The van der Waals surface area contributed by atoms with Gasteiger partial charge in [0, 0.05) is 13.5 Å². The van der Waals surface area contributed by atoms with E-state index in [9.17, 15) is 14.4 Å². The van der Waals surface area contributed by atoms with E-state index < -0.39 is 11.9 Å². The van der Waals surface area contributed by atoms with Crippen LogP contribution in [0.4, 0.5) is 0 Å². The van der Waals surface area contributed by atoms with E-state index in [0.717, 1.165) is 18.4 Å². The van der Waals surface area contributed by atoms with Crippen LogP contribution in [0.5, 0.6) is 17.2 Å². The molecule has 2 amide bonds. The number of ether oxygens (including phenoxy) is 3. The van der Waals surface area contributed by atoms with Gasteiger partial charge in [-0.3, -0.25) is 14.4 Å². The summed E-state index contributed by atoms with van der Waals surface area (Å²) in [6.07, 6.45) is 1.66. The van der Waals surface area contributed by atoms with Crippen molar-refractivity contribution in [2.45, 2.75) is 40.0 Å². The van der Waals surface area contributed by atoms with Gasteiger partial charge in [-0.15, -0.1) is 0 Å². The van der Waals surface area contributed by atoms with Gasteiger partial charge in [0.25, 0.3) is 5.91 Å². The molecule has 3 rings (SSSR count). The molecule has 0 saturated carbocycles. The second-order valence-corrected chi connectivity index (χ2v) is 9.38. The molecular formula is C31H36N2O6. The average Bonchev–Trinajstić information content (AvgIpc) is 2.89. The number of rotatable bonds is 13. The number of hydrogen-bond donors (Lipinski definition) is 1. The molecule has 0 bridgehead atoms. The molecule has 0 aliphatic carbocycles. The third kappa shape index (κ3) is 8.60. The van der Waals surface area contributed by atoms with E-state index in [-0.39, 0.29) is 24.7 Å². The van der Waals surface area contributed by atoms with Crippen molar-refractivity contribution in [3.05, 3.63) is 88.5 Å². The molecule has 0 saturated heterocycles. The summed E-state index contributed by atoms with van der Waals surface area (Å²) in [5.74, 6) is 0.0117. The zero-order chi connectivity index (χ0) is 28.4. The lowest BCUT2D eigenvalue weighted by Gasteiger charge is -2.24. The van der Waals surface area contributed by atoms with Crippen molar-refractivity contribution in [1.29, 1.82) is 0 Å². The van der Waals surface area contributed by atoms with Crippen molar-refractivity contribution < 1.29 is 28.6 Å². The Morgan fingerprint density at radius 1 is 0.846 bits per heavy atom. The Morgan fingerprint density at radius 3 is 2.28 bits per heavy atom. The van der Waals surface area contributed by atoms with E-state index in [0.29, 0.717) is 30.2 Å². The number of nitrogens with zero attached hydrogens (tertiary/aromatic N) is 1. The predicted molar refractivity (Wildman–Crippen MR) is 149 cm³/mol. The molecular weight excluding hydrogens is 496 g/mol. The van der Waals surface area contributed by atoms with Crippen LogP contribution in [0, 0.1) is 13.8 Å². The highest BCUT2D eigenvalue weighted by molar-refractivity contribution is 5.97. The van der Waals surface area contributed by atoms with E-state index in [2.05, 4.69) is 32.0 Å². The van der Waals surface area contributed by atoms with Crippen LogP contribution < -0.4 is 19.9 Å². The molecule has 3 aromatic rings. The topological polar surface area (TPSA) is 108 Å². The Balaban J connectivity index is 1.74. The first-order chi connectivity index (χ1) is 18.7. The van der Waals surface area contributed by atoms with Gasteiger partial charge in [0.05, 0.1) is 25.6 Å². The van der Waals surface area contributed by atoms with Crippen LogP contribution in [-0.2, 0) is 22.4 Å². The normalized spacial score (nSPS) is 10.6. The van der Waals surface area contributed by atoms with E-state index >= 15 is 0 Å². The second-order valence-electron chi connectivity index (χ2n) is 9.38. The molecule has 206 valence electrons. The Kier molecular flexibility index (Phi) is 10.5. The summed E-state index contributed by atoms with van der Waals surface area (Å²) in [6.45, 7) is 6.47. The Bertz CT molecular complexity index is 1320. The molecule has 0 atom stereocenters. The van der Waals surface area contributed by atoms with Gasteiger partial charge in [-0.2, -0.15) is 0 Å².